The van der Waals surface area contributed by atoms with E-state index in [9.17, 15) is 22.4 Å². The average molecular weight is 231 g/mol. The van der Waals surface area contributed by atoms with Crippen molar-refractivity contribution in [3.8, 4) is 0 Å². The molecule has 0 spiro atoms. The molecule has 0 aromatic heterocycles. The maximum Gasteiger partial charge on any atom is 0.416 e. The number of hydrogen-bond acceptors (Lipinski definition) is 2. The summed E-state index contributed by atoms with van der Waals surface area (Å²) in [6, 6.07) is 0. The summed E-state index contributed by atoms with van der Waals surface area (Å²) in [4.78, 5) is 14.8. The smallest absolute Gasteiger partial charge is 0.294 e. The highest BCUT2D eigenvalue weighted by Crippen LogP contribution is 2.34. The molecule has 6 heteroatoms. The van der Waals surface area contributed by atoms with Crippen LogP contribution < -0.4 is 0 Å². The van der Waals surface area contributed by atoms with Gasteiger partial charge < -0.3 is 0 Å². The highest BCUT2D eigenvalue weighted by Gasteiger charge is 2.39. The van der Waals surface area contributed by atoms with E-state index in [0.29, 0.717) is 12.2 Å². The zero-order valence-corrected chi connectivity index (χ0v) is 7.75. The van der Waals surface area contributed by atoms with Crippen molar-refractivity contribution in [1.82, 2.24) is 0 Å². The Labute approximate surface area is 87.7 Å². The van der Waals surface area contributed by atoms with E-state index in [2.05, 4.69) is 4.99 Å². The van der Waals surface area contributed by atoms with Gasteiger partial charge in [0.05, 0.1) is 17.2 Å². The molecule has 0 aromatic rings. The molecular formula is C10H5F4NO. The van der Waals surface area contributed by atoms with Crippen molar-refractivity contribution in [2.75, 3.05) is 0 Å². The van der Waals surface area contributed by atoms with Gasteiger partial charge >= 0.3 is 6.18 Å². The van der Waals surface area contributed by atoms with E-state index in [-0.39, 0.29) is 5.71 Å². The molecule has 1 atom stereocenters. The van der Waals surface area contributed by atoms with Crippen LogP contribution in [0.1, 0.15) is 0 Å². The maximum absolute atomic E-state index is 13.3. The number of rotatable bonds is 0. The minimum atomic E-state index is -4.66. The number of carbonyl (C=O) groups is 1. The van der Waals surface area contributed by atoms with Gasteiger partial charge in [-0.2, -0.15) is 13.2 Å². The highest BCUT2D eigenvalue weighted by molar-refractivity contribution is 6.19. The Kier molecular flexibility index (Phi) is 2.29. The highest BCUT2D eigenvalue weighted by atomic mass is 19.4. The van der Waals surface area contributed by atoms with Crippen LogP contribution in [-0.4, -0.2) is 17.7 Å². The molecule has 0 N–H and O–H groups in total. The fraction of sp³-hybridized carbons (Fsp3) is 0.200. The van der Waals surface area contributed by atoms with Crippen molar-refractivity contribution >= 4 is 11.5 Å². The number of aliphatic imine (C=N–C) groups is 1. The number of hydrogen-bond donors (Lipinski definition) is 0. The minimum Gasteiger partial charge on any atom is -0.294 e. The van der Waals surface area contributed by atoms with Crippen molar-refractivity contribution < 1.29 is 22.4 Å². The molecule has 0 bridgehead atoms. The molecular weight excluding hydrogens is 226 g/mol. The lowest BCUT2D eigenvalue weighted by molar-refractivity contribution is -0.115. The lowest BCUT2D eigenvalue weighted by atomic mass is 9.88. The second kappa shape index (κ2) is 3.40. The van der Waals surface area contributed by atoms with E-state index >= 15 is 0 Å². The first-order valence-corrected chi connectivity index (χ1v) is 4.34. The lowest BCUT2D eigenvalue weighted by Crippen LogP contribution is -2.28. The third-order valence-corrected chi connectivity index (χ3v) is 2.25. The summed E-state index contributed by atoms with van der Waals surface area (Å²) in [5.74, 6) is -2.97. The van der Waals surface area contributed by atoms with Crippen LogP contribution in [-0.2, 0) is 4.79 Å². The van der Waals surface area contributed by atoms with Gasteiger partial charge in [-0.25, -0.2) is 4.39 Å². The van der Waals surface area contributed by atoms with Gasteiger partial charge in [0.15, 0.2) is 5.78 Å². The zero-order valence-electron chi connectivity index (χ0n) is 7.75. The first kappa shape index (κ1) is 10.8. The fourth-order valence-corrected chi connectivity index (χ4v) is 1.50. The molecule has 0 saturated heterocycles. The zero-order chi connectivity index (χ0) is 11.9. The number of allylic oxidation sites excluding steroid dienone is 5. The molecule has 2 rings (SSSR count). The van der Waals surface area contributed by atoms with E-state index in [1.54, 1.807) is 0 Å². The minimum absolute atomic E-state index is 0.263. The van der Waals surface area contributed by atoms with Gasteiger partial charge in [-0.15, -0.1) is 0 Å². The van der Waals surface area contributed by atoms with Crippen molar-refractivity contribution in [2.24, 2.45) is 10.9 Å². The van der Waals surface area contributed by atoms with E-state index in [1.807, 2.05) is 0 Å². The van der Waals surface area contributed by atoms with Crippen molar-refractivity contribution in [3.63, 3.8) is 0 Å². The van der Waals surface area contributed by atoms with Gasteiger partial charge in [0, 0.05) is 12.3 Å². The van der Waals surface area contributed by atoms with Crippen molar-refractivity contribution in [1.29, 1.82) is 0 Å². The standard InChI is InChI=1S/C10H5F4NO/c11-7-4-5(10(12,13)14)3-6-8(16)1-2-15-9(6)7/h1-4,6H. The van der Waals surface area contributed by atoms with Gasteiger partial charge in [-0.05, 0) is 6.08 Å². The monoisotopic (exact) mass is 231 g/mol. The SMILES string of the molecule is O=C1C=CN=C2C(F)=CC(C(F)(F)F)=CC12. The van der Waals surface area contributed by atoms with Crippen LogP contribution >= 0.6 is 0 Å². The second-order valence-corrected chi connectivity index (χ2v) is 3.32. The molecule has 1 unspecified atom stereocenters. The predicted octanol–water partition coefficient (Wildman–Crippen LogP) is 2.50. The molecule has 84 valence electrons. The van der Waals surface area contributed by atoms with E-state index in [4.69, 9.17) is 0 Å². The number of carbonyl (C=O) groups excluding carboxylic acids is 1. The fourth-order valence-electron chi connectivity index (χ4n) is 1.50. The van der Waals surface area contributed by atoms with Crippen LogP contribution in [0, 0.1) is 5.92 Å². The number of nitrogens with zero attached hydrogens (tertiary/aromatic N) is 1. The Morgan fingerprint density at radius 2 is 2.00 bits per heavy atom. The molecule has 0 aromatic carbocycles. The normalized spacial score (nSPS) is 24.6. The maximum atomic E-state index is 13.3. The molecule has 0 radical (unpaired) electrons. The summed E-state index contributed by atoms with van der Waals surface area (Å²) in [5.41, 5.74) is -1.42. The quantitative estimate of drug-likeness (QED) is 0.589. The van der Waals surface area contributed by atoms with Gasteiger partial charge in [0.1, 0.15) is 5.83 Å². The van der Waals surface area contributed by atoms with Crippen LogP contribution in [0.4, 0.5) is 17.6 Å². The molecule has 0 saturated carbocycles. The van der Waals surface area contributed by atoms with E-state index in [1.165, 1.54) is 0 Å². The molecule has 0 amide bonds. The number of alkyl halides is 3. The van der Waals surface area contributed by atoms with E-state index < -0.39 is 29.3 Å². The van der Waals surface area contributed by atoms with Crippen molar-refractivity contribution in [2.45, 2.75) is 6.18 Å². The Morgan fingerprint density at radius 1 is 1.31 bits per heavy atom. The lowest BCUT2D eigenvalue weighted by Gasteiger charge is -2.21. The molecule has 0 fully saturated rings. The Morgan fingerprint density at radius 3 is 2.62 bits per heavy atom. The van der Waals surface area contributed by atoms with Crippen LogP contribution in [0.15, 0.2) is 40.8 Å². The van der Waals surface area contributed by atoms with Crippen molar-refractivity contribution in [3.05, 3.63) is 35.8 Å². The summed E-state index contributed by atoms with van der Waals surface area (Å²) in [7, 11) is 0. The molecule has 16 heavy (non-hydrogen) atoms. The topological polar surface area (TPSA) is 29.4 Å². The third-order valence-electron chi connectivity index (χ3n) is 2.25. The van der Waals surface area contributed by atoms with E-state index in [0.717, 1.165) is 12.3 Å². The number of fused-ring (bicyclic) bond motifs is 1. The van der Waals surface area contributed by atoms with Crippen LogP contribution in [0.3, 0.4) is 0 Å². The van der Waals surface area contributed by atoms with Crippen LogP contribution in [0.5, 0.6) is 0 Å². The largest absolute Gasteiger partial charge is 0.416 e. The summed E-state index contributed by atoms with van der Waals surface area (Å²) >= 11 is 0. The molecule has 1 aliphatic heterocycles. The average Bonchev–Trinajstić information content (AvgIpc) is 2.18. The summed E-state index contributed by atoms with van der Waals surface area (Å²) in [5, 5.41) is 0. The van der Waals surface area contributed by atoms with Gasteiger partial charge in [0.25, 0.3) is 0 Å². The van der Waals surface area contributed by atoms with Crippen LogP contribution in [0.2, 0.25) is 0 Å². The molecule has 2 aliphatic rings. The summed E-state index contributed by atoms with van der Waals surface area (Å²) < 4.78 is 50.3. The van der Waals surface area contributed by atoms with Crippen LogP contribution in [0.25, 0.3) is 0 Å². The molecule has 1 aliphatic carbocycles. The van der Waals surface area contributed by atoms with Gasteiger partial charge in [0.2, 0.25) is 0 Å². The Hall–Kier alpha value is -1.72. The first-order chi connectivity index (χ1) is 7.39. The van der Waals surface area contributed by atoms with Gasteiger partial charge in [-0.1, -0.05) is 6.08 Å². The Bertz CT molecular complexity index is 468. The summed E-state index contributed by atoms with van der Waals surface area (Å²) in [6.07, 6.45) is -1.52. The number of halogens is 4. The second-order valence-electron chi connectivity index (χ2n) is 3.32. The Balaban J connectivity index is 2.48. The third kappa shape index (κ3) is 1.70. The molecule has 2 nitrogen and oxygen atoms in total. The summed E-state index contributed by atoms with van der Waals surface area (Å²) in [6.45, 7) is 0. The van der Waals surface area contributed by atoms with Gasteiger partial charge in [-0.3, -0.25) is 9.79 Å². The number of ketones is 1. The predicted molar refractivity (Wildman–Crippen MR) is 48.4 cm³/mol. The molecule has 1 heterocycles. The first-order valence-electron chi connectivity index (χ1n) is 4.34.